The van der Waals surface area contributed by atoms with Gasteiger partial charge in [-0.3, -0.25) is 5.32 Å². The highest BCUT2D eigenvalue weighted by atomic mass is 15.2. The van der Waals surface area contributed by atoms with Crippen molar-refractivity contribution in [1.82, 2.24) is 10.2 Å². The van der Waals surface area contributed by atoms with Crippen molar-refractivity contribution in [1.29, 1.82) is 5.26 Å². The number of nitriles is 1. The summed E-state index contributed by atoms with van der Waals surface area (Å²) in [6, 6.07) is 13.1. The second-order valence-corrected chi connectivity index (χ2v) is 6.26. The van der Waals surface area contributed by atoms with Gasteiger partial charge in [-0.1, -0.05) is 37.3 Å². The minimum Gasteiger partial charge on any atom is -0.303 e. The molecule has 1 aliphatic rings. The number of hydrogen-bond donors (Lipinski definition) is 1. The Labute approximate surface area is 129 Å². The van der Waals surface area contributed by atoms with Crippen LogP contribution in [0.2, 0.25) is 0 Å². The van der Waals surface area contributed by atoms with E-state index in [9.17, 15) is 5.26 Å². The van der Waals surface area contributed by atoms with E-state index >= 15 is 0 Å². The normalized spacial score (nSPS) is 17.4. The van der Waals surface area contributed by atoms with Crippen LogP contribution in [0.5, 0.6) is 0 Å². The highest BCUT2D eigenvalue weighted by molar-refractivity contribution is 5.17. The fourth-order valence-electron chi connectivity index (χ4n) is 2.89. The van der Waals surface area contributed by atoms with Gasteiger partial charge in [-0.2, -0.15) is 5.26 Å². The van der Waals surface area contributed by atoms with Gasteiger partial charge in [-0.25, -0.2) is 0 Å². The van der Waals surface area contributed by atoms with E-state index < -0.39 is 0 Å². The first-order valence-corrected chi connectivity index (χ1v) is 8.09. The molecule has 114 valence electrons. The third-order valence-corrected chi connectivity index (χ3v) is 4.31. The maximum atomic E-state index is 9.71. The summed E-state index contributed by atoms with van der Waals surface area (Å²) >= 11 is 0. The predicted molar refractivity (Wildman–Crippen MR) is 87.0 cm³/mol. The van der Waals surface area contributed by atoms with Crippen LogP contribution >= 0.6 is 0 Å². The van der Waals surface area contributed by atoms with Gasteiger partial charge in [0.1, 0.15) is 5.54 Å². The number of hydrogen-bond acceptors (Lipinski definition) is 3. The Morgan fingerprint density at radius 2 is 2.05 bits per heavy atom. The molecule has 1 saturated carbocycles. The number of nitrogens with zero attached hydrogens (tertiary/aromatic N) is 2. The van der Waals surface area contributed by atoms with Crippen molar-refractivity contribution in [3.63, 3.8) is 0 Å². The van der Waals surface area contributed by atoms with Gasteiger partial charge in [-0.15, -0.1) is 0 Å². The summed E-state index contributed by atoms with van der Waals surface area (Å²) in [5, 5.41) is 13.2. The molecule has 0 radical (unpaired) electrons. The Balaban J connectivity index is 1.89. The van der Waals surface area contributed by atoms with Crippen molar-refractivity contribution < 1.29 is 0 Å². The lowest BCUT2D eigenvalue weighted by Crippen LogP contribution is -2.54. The van der Waals surface area contributed by atoms with E-state index in [2.05, 4.69) is 60.6 Å². The summed E-state index contributed by atoms with van der Waals surface area (Å²) in [6.45, 7) is 4.90. The fourth-order valence-corrected chi connectivity index (χ4v) is 2.89. The third kappa shape index (κ3) is 4.56. The molecule has 1 unspecified atom stereocenters. The molecular weight excluding hydrogens is 258 g/mol. The number of likely N-dealkylation sites (N-methyl/N-ethyl adjacent to an activating group) is 1. The zero-order valence-corrected chi connectivity index (χ0v) is 13.3. The Hall–Kier alpha value is -1.37. The highest BCUT2D eigenvalue weighted by Gasteiger charge is 2.45. The molecule has 2 rings (SSSR count). The lowest BCUT2D eigenvalue weighted by Gasteiger charge is -2.32. The Kier molecular flexibility index (Phi) is 5.78. The summed E-state index contributed by atoms with van der Waals surface area (Å²) in [4.78, 5) is 2.30. The predicted octanol–water partition coefficient (Wildman–Crippen LogP) is 2.83. The second kappa shape index (κ2) is 7.59. The van der Waals surface area contributed by atoms with Crippen LogP contribution in [0.4, 0.5) is 0 Å². The number of benzene rings is 1. The van der Waals surface area contributed by atoms with E-state index in [4.69, 9.17) is 0 Å². The van der Waals surface area contributed by atoms with Crippen molar-refractivity contribution in [2.24, 2.45) is 5.92 Å². The molecule has 1 aromatic rings. The molecule has 0 amide bonds. The van der Waals surface area contributed by atoms with Crippen LogP contribution in [0.1, 0.15) is 31.7 Å². The Morgan fingerprint density at radius 3 is 2.62 bits per heavy atom. The monoisotopic (exact) mass is 285 g/mol. The minimum atomic E-state index is -0.346. The molecule has 3 heteroatoms. The number of nitrogens with one attached hydrogen (secondary N) is 1. The second-order valence-electron chi connectivity index (χ2n) is 6.26. The summed E-state index contributed by atoms with van der Waals surface area (Å²) < 4.78 is 0. The van der Waals surface area contributed by atoms with Gasteiger partial charge < -0.3 is 4.90 Å². The lowest BCUT2D eigenvalue weighted by atomic mass is 9.93. The summed E-state index contributed by atoms with van der Waals surface area (Å²) in [5.41, 5.74) is 1.02. The minimum absolute atomic E-state index is 0.346. The zero-order valence-electron chi connectivity index (χ0n) is 13.3. The fraction of sp³-hybridized carbons (Fsp3) is 0.611. The van der Waals surface area contributed by atoms with Crippen molar-refractivity contribution in [2.75, 3.05) is 26.7 Å². The summed E-state index contributed by atoms with van der Waals surface area (Å²) in [5.74, 6) is 0.535. The molecule has 1 aromatic carbocycles. The molecular formula is C18H27N3. The molecule has 1 fully saturated rings. The van der Waals surface area contributed by atoms with Crippen molar-refractivity contribution in [3.05, 3.63) is 35.9 Å². The zero-order chi connectivity index (χ0) is 15.1. The molecule has 3 nitrogen and oxygen atoms in total. The van der Waals surface area contributed by atoms with Gasteiger partial charge in [0.15, 0.2) is 0 Å². The van der Waals surface area contributed by atoms with E-state index in [0.717, 1.165) is 32.5 Å². The summed E-state index contributed by atoms with van der Waals surface area (Å²) in [7, 11) is 2.13. The van der Waals surface area contributed by atoms with Gasteiger partial charge in [-0.05, 0) is 50.8 Å². The van der Waals surface area contributed by atoms with Crippen molar-refractivity contribution in [3.8, 4) is 6.07 Å². The average Bonchev–Trinajstić information content (AvgIpc) is 3.36. The van der Waals surface area contributed by atoms with Gasteiger partial charge in [0.25, 0.3) is 0 Å². The van der Waals surface area contributed by atoms with E-state index in [-0.39, 0.29) is 5.54 Å². The molecule has 0 saturated heterocycles. The molecule has 0 bridgehead atoms. The van der Waals surface area contributed by atoms with Crippen molar-refractivity contribution >= 4 is 0 Å². The molecule has 1 aliphatic carbocycles. The summed E-state index contributed by atoms with van der Waals surface area (Å²) in [6.07, 6.45) is 4.49. The van der Waals surface area contributed by atoms with Crippen LogP contribution in [0, 0.1) is 17.2 Å². The molecule has 1 atom stereocenters. The topological polar surface area (TPSA) is 39.1 Å². The van der Waals surface area contributed by atoms with Crippen LogP contribution < -0.4 is 5.32 Å². The molecule has 21 heavy (non-hydrogen) atoms. The number of rotatable bonds is 9. The van der Waals surface area contributed by atoms with Crippen LogP contribution in [0.25, 0.3) is 0 Å². The van der Waals surface area contributed by atoms with Gasteiger partial charge in [0.2, 0.25) is 0 Å². The van der Waals surface area contributed by atoms with Gasteiger partial charge in [0, 0.05) is 13.1 Å². The van der Waals surface area contributed by atoms with Crippen LogP contribution in [-0.2, 0) is 6.42 Å². The molecule has 0 heterocycles. The first-order valence-electron chi connectivity index (χ1n) is 8.09. The third-order valence-electron chi connectivity index (χ3n) is 4.31. The van der Waals surface area contributed by atoms with Gasteiger partial charge >= 0.3 is 0 Å². The molecule has 0 aromatic heterocycles. The van der Waals surface area contributed by atoms with Crippen molar-refractivity contribution in [2.45, 2.75) is 38.1 Å². The average molecular weight is 285 g/mol. The Morgan fingerprint density at radius 1 is 1.33 bits per heavy atom. The van der Waals surface area contributed by atoms with Gasteiger partial charge in [0.05, 0.1) is 6.07 Å². The highest BCUT2D eigenvalue weighted by Crippen LogP contribution is 2.39. The molecule has 0 spiro atoms. The largest absolute Gasteiger partial charge is 0.303 e. The Bertz CT molecular complexity index is 461. The smallest absolute Gasteiger partial charge is 0.122 e. The SMILES string of the molecule is CCCNC(C#N)(CN(C)CCc1ccccc1)C1CC1. The van der Waals surface area contributed by atoms with Crippen LogP contribution in [0.3, 0.4) is 0 Å². The first-order chi connectivity index (χ1) is 10.2. The lowest BCUT2D eigenvalue weighted by molar-refractivity contribution is 0.230. The maximum Gasteiger partial charge on any atom is 0.122 e. The maximum absolute atomic E-state index is 9.71. The van der Waals surface area contributed by atoms with E-state index in [0.29, 0.717) is 5.92 Å². The van der Waals surface area contributed by atoms with E-state index in [1.165, 1.54) is 18.4 Å². The quantitative estimate of drug-likeness (QED) is 0.758. The first kappa shape index (κ1) is 16.0. The molecule has 1 N–H and O–H groups in total. The van der Waals surface area contributed by atoms with E-state index in [1.54, 1.807) is 0 Å². The van der Waals surface area contributed by atoms with E-state index in [1.807, 2.05) is 0 Å². The van der Waals surface area contributed by atoms with Crippen LogP contribution in [-0.4, -0.2) is 37.1 Å². The molecule has 0 aliphatic heterocycles. The van der Waals surface area contributed by atoms with Crippen LogP contribution in [0.15, 0.2) is 30.3 Å². The standard InChI is InChI=1S/C18H27N3/c1-3-12-20-18(14-19,17-9-10-17)15-21(2)13-11-16-7-5-4-6-8-16/h4-8,17,20H,3,9-13,15H2,1-2H3.